The Morgan fingerprint density at radius 1 is 1.08 bits per heavy atom. The highest BCUT2D eigenvalue weighted by Gasteiger charge is 2.19. The molecule has 4 nitrogen and oxygen atoms in total. The van der Waals surface area contributed by atoms with Gasteiger partial charge in [-0.3, -0.25) is 4.79 Å². The molecular weight excluding hydrogens is 367 g/mol. The smallest absolute Gasteiger partial charge is 0.349 e. The first-order chi connectivity index (χ1) is 12.4. The van der Waals surface area contributed by atoms with Gasteiger partial charge in [0.2, 0.25) is 0 Å². The van der Waals surface area contributed by atoms with E-state index in [2.05, 4.69) is 0 Å². The van der Waals surface area contributed by atoms with Gasteiger partial charge in [-0.1, -0.05) is 18.2 Å². The second-order valence-electron chi connectivity index (χ2n) is 5.40. The minimum Gasteiger partial charge on any atom is -0.451 e. The highest BCUT2D eigenvalue weighted by Crippen LogP contribution is 2.31. The Bertz CT molecular complexity index is 1020. The summed E-state index contributed by atoms with van der Waals surface area (Å²) < 4.78 is 45.4. The lowest BCUT2D eigenvalue weighted by Gasteiger charge is -2.08. The molecular formula is C18H12F3NO3S. The van der Waals surface area contributed by atoms with E-state index in [1.54, 1.807) is 6.92 Å². The first kappa shape index (κ1) is 17.9. The molecule has 0 aliphatic heterocycles. The molecule has 2 aromatic carbocycles. The third-order valence-electron chi connectivity index (χ3n) is 3.67. The van der Waals surface area contributed by atoms with E-state index in [-0.39, 0.29) is 0 Å². The van der Waals surface area contributed by atoms with Gasteiger partial charge in [-0.25, -0.2) is 18.0 Å². The van der Waals surface area contributed by atoms with Crippen molar-refractivity contribution in [3.05, 3.63) is 64.3 Å². The monoisotopic (exact) mass is 379 g/mol. The number of esters is 1. The summed E-state index contributed by atoms with van der Waals surface area (Å²) in [5.74, 6) is -6.15. The van der Waals surface area contributed by atoms with Crippen LogP contribution in [0.15, 0.2) is 36.4 Å². The van der Waals surface area contributed by atoms with Crippen molar-refractivity contribution < 1.29 is 27.5 Å². The van der Waals surface area contributed by atoms with E-state index in [1.807, 2.05) is 29.6 Å². The molecule has 0 fully saturated rings. The Morgan fingerprint density at radius 3 is 2.54 bits per heavy atom. The second-order valence-corrected chi connectivity index (χ2v) is 6.45. The highest BCUT2D eigenvalue weighted by atomic mass is 32.1. The van der Waals surface area contributed by atoms with Crippen molar-refractivity contribution in [2.24, 2.45) is 0 Å². The summed E-state index contributed by atoms with van der Waals surface area (Å²) in [5.41, 5.74) is 0.200. The van der Waals surface area contributed by atoms with E-state index in [9.17, 15) is 22.8 Å². The Hall–Kier alpha value is -2.87. The number of benzene rings is 2. The van der Waals surface area contributed by atoms with E-state index < -0.39 is 41.6 Å². The summed E-state index contributed by atoms with van der Waals surface area (Å²) in [7, 11) is 0. The number of hydrogen-bond donors (Lipinski definition) is 1. The van der Waals surface area contributed by atoms with Crippen molar-refractivity contribution >= 4 is 39.0 Å². The fourth-order valence-electron chi connectivity index (χ4n) is 2.37. The first-order valence-electron chi connectivity index (χ1n) is 7.47. The fraction of sp³-hybridized carbons (Fsp3) is 0.111. The van der Waals surface area contributed by atoms with Crippen LogP contribution in [0.1, 0.15) is 15.2 Å². The molecule has 3 rings (SSSR count). The van der Waals surface area contributed by atoms with Crippen molar-refractivity contribution in [3.8, 4) is 0 Å². The Morgan fingerprint density at radius 2 is 1.81 bits per heavy atom. The van der Waals surface area contributed by atoms with Crippen LogP contribution in [0.25, 0.3) is 10.1 Å². The lowest BCUT2D eigenvalue weighted by molar-refractivity contribution is -0.119. The maximum Gasteiger partial charge on any atom is 0.349 e. The van der Waals surface area contributed by atoms with Gasteiger partial charge in [0.25, 0.3) is 5.91 Å². The molecule has 1 aromatic heterocycles. The average molecular weight is 379 g/mol. The van der Waals surface area contributed by atoms with Gasteiger partial charge >= 0.3 is 5.97 Å². The molecule has 1 heterocycles. The zero-order chi connectivity index (χ0) is 18.8. The summed E-state index contributed by atoms with van der Waals surface area (Å²) in [6.07, 6.45) is 0. The number of nitrogens with one attached hydrogen (secondary N) is 1. The number of thiophene rings is 1. The molecule has 0 atom stereocenters. The molecule has 8 heteroatoms. The summed E-state index contributed by atoms with van der Waals surface area (Å²) in [6.45, 7) is 1.08. The SMILES string of the molecule is Cc1c(C(=O)OCC(=O)Nc2ccc(F)c(F)c2F)sc2ccccc12. The van der Waals surface area contributed by atoms with Crippen LogP contribution < -0.4 is 5.32 Å². The number of fused-ring (bicyclic) bond motifs is 1. The Labute approximate surface area is 150 Å². The van der Waals surface area contributed by atoms with Crippen molar-refractivity contribution in [1.82, 2.24) is 0 Å². The van der Waals surface area contributed by atoms with E-state index in [1.165, 1.54) is 11.3 Å². The van der Waals surface area contributed by atoms with Crippen LogP contribution in [0.3, 0.4) is 0 Å². The van der Waals surface area contributed by atoms with Gasteiger partial charge in [-0.05, 0) is 36.1 Å². The molecule has 134 valence electrons. The van der Waals surface area contributed by atoms with E-state index in [0.717, 1.165) is 21.7 Å². The van der Waals surface area contributed by atoms with Crippen molar-refractivity contribution in [2.45, 2.75) is 6.92 Å². The van der Waals surface area contributed by atoms with Gasteiger partial charge in [0.15, 0.2) is 24.1 Å². The van der Waals surface area contributed by atoms with Crippen LogP contribution in [0, 0.1) is 24.4 Å². The fourth-order valence-corrected chi connectivity index (χ4v) is 3.48. The number of carbonyl (C=O) groups is 2. The van der Waals surface area contributed by atoms with Crippen LogP contribution in [-0.2, 0) is 9.53 Å². The Kier molecular flexibility index (Phi) is 4.94. The number of amides is 1. The Balaban J connectivity index is 1.66. The largest absolute Gasteiger partial charge is 0.451 e. The van der Waals surface area contributed by atoms with Crippen LogP contribution in [-0.4, -0.2) is 18.5 Å². The lowest BCUT2D eigenvalue weighted by Crippen LogP contribution is -2.21. The number of anilines is 1. The van der Waals surface area contributed by atoms with Gasteiger partial charge in [-0.15, -0.1) is 11.3 Å². The molecule has 1 N–H and O–H groups in total. The van der Waals surface area contributed by atoms with Crippen LogP contribution in [0.2, 0.25) is 0 Å². The average Bonchev–Trinajstić information content (AvgIpc) is 2.97. The van der Waals surface area contributed by atoms with E-state index in [4.69, 9.17) is 4.74 Å². The minimum atomic E-state index is -1.69. The minimum absolute atomic E-state index is 0.359. The van der Waals surface area contributed by atoms with E-state index >= 15 is 0 Å². The van der Waals surface area contributed by atoms with Gasteiger partial charge in [0.05, 0.1) is 5.69 Å². The molecule has 1 amide bonds. The summed E-state index contributed by atoms with van der Waals surface area (Å²) in [4.78, 5) is 24.3. The van der Waals surface area contributed by atoms with Crippen LogP contribution >= 0.6 is 11.3 Å². The topological polar surface area (TPSA) is 55.4 Å². The molecule has 3 aromatic rings. The number of ether oxygens (including phenoxy) is 1. The zero-order valence-electron chi connectivity index (χ0n) is 13.4. The second kappa shape index (κ2) is 7.17. The predicted octanol–water partition coefficient (Wildman–Crippen LogP) is 4.42. The number of rotatable bonds is 4. The third-order valence-corrected chi connectivity index (χ3v) is 4.93. The molecule has 26 heavy (non-hydrogen) atoms. The maximum atomic E-state index is 13.5. The van der Waals surface area contributed by atoms with Crippen molar-refractivity contribution in [3.63, 3.8) is 0 Å². The predicted molar refractivity (Wildman–Crippen MR) is 91.8 cm³/mol. The third kappa shape index (κ3) is 3.41. The van der Waals surface area contributed by atoms with E-state index in [0.29, 0.717) is 10.9 Å². The first-order valence-corrected chi connectivity index (χ1v) is 8.28. The molecule has 0 bridgehead atoms. The lowest BCUT2D eigenvalue weighted by atomic mass is 10.1. The van der Waals surface area contributed by atoms with Crippen molar-refractivity contribution in [1.29, 1.82) is 0 Å². The number of carbonyl (C=O) groups excluding carboxylic acids is 2. The van der Waals surface area contributed by atoms with Crippen molar-refractivity contribution in [2.75, 3.05) is 11.9 Å². The normalized spacial score (nSPS) is 10.8. The molecule has 0 unspecified atom stereocenters. The molecule has 0 radical (unpaired) electrons. The van der Waals surface area contributed by atoms with Gasteiger partial charge in [0.1, 0.15) is 4.88 Å². The summed E-state index contributed by atoms with van der Waals surface area (Å²) in [6, 6.07) is 8.99. The summed E-state index contributed by atoms with van der Waals surface area (Å²) >= 11 is 1.24. The zero-order valence-corrected chi connectivity index (χ0v) is 14.3. The molecule has 0 spiro atoms. The highest BCUT2D eigenvalue weighted by molar-refractivity contribution is 7.21. The van der Waals surface area contributed by atoms with Gasteiger partial charge in [0, 0.05) is 4.70 Å². The summed E-state index contributed by atoms with van der Waals surface area (Å²) in [5, 5.41) is 2.95. The van der Waals surface area contributed by atoms with Crippen LogP contribution in [0.5, 0.6) is 0 Å². The number of aryl methyl sites for hydroxylation is 1. The molecule has 0 aliphatic carbocycles. The molecule has 0 aliphatic rings. The quantitative estimate of drug-likeness (QED) is 0.539. The van der Waals surface area contributed by atoms with Gasteiger partial charge in [-0.2, -0.15) is 0 Å². The van der Waals surface area contributed by atoms with Gasteiger partial charge < -0.3 is 10.1 Å². The molecule has 0 saturated carbocycles. The standard InChI is InChI=1S/C18H12F3NO3S/c1-9-10-4-2-3-5-13(10)26-17(9)18(24)25-8-14(23)22-12-7-6-11(19)15(20)16(12)21/h2-7H,8H2,1H3,(H,22,23). The number of halogens is 3. The number of hydrogen-bond acceptors (Lipinski definition) is 4. The maximum absolute atomic E-state index is 13.5. The molecule has 0 saturated heterocycles. The van der Waals surface area contributed by atoms with Crippen LogP contribution in [0.4, 0.5) is 18.9 Å².